The molecule has 0 aliphatic rings. The Hall–Kier alpha value is -4.07. The van der Waals surface area contributed by atoms with Crippen molar-refractivity contribution in [2.75, 3.05) is 12.4 Å². The number of carbonyl (C=O) groups excluding carboxylic acids is 3. The van der Waals surface area contributed by atoms with Gasteiger partial charge >= 0.3 is 0 Å². The zero-order valence-electron chi connectivity index (χ0n) is 19.5. The van der Waals surface area contributed by atoms with Gasteiger partial charge in [-0.25, -0.2) is 0 Å². The summed E-state index contributed by atoms with van der Waals surface area (Å²) in [5.74, 6) is 0.0222. The summed E-state index contributed by atoms with van der Waals surface area (Å²) >= 11 is 0. The average Bonchev–Trinajstić information content (AvgIpc) is 3.39. The fourth-order valence-corrected chi connectivity index (χ4v) is 3.35. The van der Waals surface area contributed by atoms with Crippen molar-refractivity contribution in [2.24, 2.45) is 5.92 Å². The number of hydrogen-bond donors (Lipinski definition) is 3. The van der Waals surface area contributed by atoms with Gasteiger partial charge in [-0.2, -0.15) is 0 Å². The van der Waals surface area contributed by atoms with Crippen molar-refractivity contribution in [3.8, 4) is 5.75 Å². The summed E-state index contributed by atoms with van der Waals surface area (Å²) < 4.78 is 10.4. The number of hydrogen-bond acceptors (Lipinski definition) is 5. The Morgan fingerprint density at radius 3 is 2.35 bits per heavy atom. The molecule has 3 N–H and O–H groups in total. The second-order valence-corrected chi connectivity index (χ2v) is 7.86. The maximum Gasteiger partial charge on any atom is 0.255 e. The smallest absolute Gasteiger partial charge is 0.255 e. The van der Waals surface area contributed by atoms with E-state index in [0.29, 0.717) is 29.2 Å². The molecule has 8 nitrogen and oxygen atoms in total. The molecule has 0 spiro atoms. The van der Waals surface area contributed by atoms with E-state index in [9.17, 15) is 14.4 Å². The van der Waals surface area contributed by atoms with E-state index < -0.39 is 11.9 Å². The van der Waals surface area contributed by atoms with Gasteiger partial charge in [0.15, 0.2) is 0 Å². The van der Waals surface area contributed by atoms with Crippen molar-refractivity contribution in [1.29, 1.82) is 0 Å². The van der Waals surface area contributed by atoms with Gasteiger partial charge in [0.05, 0.1) is 31.2 Å². The zero-order valence-corrected chi connectivity index (χ0v) is 19.5. The molecule has 3 amide bonds. The van der Waals surface area contributed by atoms with Gasteiger partial charge in [-0.15, -0.1) is 0 Å². The number of benzene rings is 2. The third-order valence-corrected chi connectivity index (χ3v) is 5.57. The maximum atomic E-state index is 13.2. The van der Waals surface area contributed by atoms with Gasteiger partial charge in [0.2, 0.25) is 5.91 Å². The Bertz CT molecular complexity index is 1110. The molecular formula is C26H29N3O5. The van der Waals surface area contributed by atoms with Crippen molar-refractivity contribution in [3.63, 3.8) is 0 Å². The molecule has 0 saturated heterocycles. The first kappa shape index (κ1) is 24.6. The number of rotatable bonds is 10. The highest BCUT2D eigenvalue weighted by molar-refractivity contribution is 6.09. The van der Waals surface area contributed by atoms with Crippen LogP contribution in [0.4, 0.5) is 5.69 Å². The number of methoxy groups -OCH3 is 1. The number of para-hydroxylation sites is 1. The first-order valence-electron chi connectivity index (χ1n) is 11.1. The van der Waals surface area contributed by atoms with Gasteiger partial charge in [0.1, 0.15) is 17.6 Å². The van der Waals surface area contributed by atoms with E-state index in [1.165, 1.54) is 6.26 Å². The number of amides is 3. The molecule has 178 valence electrons. The first-order valence-corrected chi connectivity index (χ1v) is 11.1. The molecule has 0 unspecified atom stereocenters. The van der Waals surface area contributed by atoms with Crippen LogP contribution in [0.25, 0.3) is 0 Å². The van der Waals surface area contributed by atoms with Crippen LogP contribution >= 0.6 is 0 Å². The molecule has 1 aromatic heterocycles. The van der Waals surface area contributed by atoms with Crippen molar-refractivity contribution in [3.05, 3.63) is 83.8 Å². The lowest BCUT2D eigenvalue weighted by molar-refractivity contribution is -0.124. The van der Waals surface area contributed by atoms with Crippen LogP contribution < -0.4 is 20.7 Å². The van der Waals surface area contributed by atoms with Gasteiger partial charge in [0.25, 0.3) is 11.8 Å². The van der Waals surface area contributed by atoms with Crippen LogP contribution in [0.5, 0.6) is 5.75 Å². The van der Waals surface area contributed by atoms with Crippen LogP contribution in [0, 0.1) is 5.92 Å². The fourth-order valence-electron chi connectivity index (χ4n) is 3.35. The molecule has 2 aromatic carbocycles. The van der Waals surface area contributed by atoms with Crippen molar-refractivity contribution in [1.82, 2.24) is 10.6 Å². The second-order valence-electron chi connectivity index (χ2n) is 7.86. The summed E-state index contributed by atoms with van der Waals surface area (Å²) in [4.78, 5) is 38.7. The predicted octanol–water partition coefficient (Wildman–Crippen LogP) is 4.00. The lowest BCUT2D eigenvalue weighted by Crippen LogP contribution is -2.50. The summed E-state index contributed by atoms with van der Waals surface area (Å²) in [6.07, 6.45) is 2.22. The van der Waals surface area contributed by atoms with E-state index in [0.717, 1.165) is 0 Å². The number of furan rings is 1. The van der Waals surface area contributed by atoms with Crippen LogP contribution in [-0.4, -0.2) is 30.9 Å². The van der Waals surface area contributed by atoms with E-state index in [4.69, 9.17) is 9.15 Å². The van der Waals surface area contributed by atoms with Crippen LogP contribution in [-0.2, 0) is 11.3 Å². The normalized spacial score (nSPS) is 12.3. The Labute approximate surface area is 198 Å². The van der Waals surface area contributed by atoms with E-state index in [1.807, 2.05) is 13.8 Å². The molecule has 8 heteroatoms. The fraction of sp³-hybridized carbons (Fsp3) is 0.269. The molecule has 0 aliphatic carbocycles. The molecule has 3 aromatic rings. The average molecular weight is 464 g/mol. The van der Waals surface area contributed by atoms with Crippen molar-refractivity contribution < 1.29 is 23.5 Å². The largest absolute Gasteiger partial charge is 0.497 e. The van der Waals surface area contributed by atoms with Gasteiger partial charge in [-0.1, -0.05) is 32.4 Å². The molecule has 0 radical (unpaired) electrons. The first-order chi connectivity index (χ1) is 16.4. The van der Waals surface area contributed by atoms with E-state index >= 15 is 0 Å². The zero-order chi connectivity index (χ0) is 24.5. The van der Waals surface area contributed by atoms with Crippen LogP contribution in [0.3, 0.4) is 0 Å². The monoisotopic (exact) mass is 463 g/mol. The van der Waals surface area contributed by atoms with Crippen LogP contribution in [0.1, 0.15) is 46.7 Å². The lowest BCUT2D eigenvalue weighted by atomic mass is 9.97. The highest BCUT2D eigenvalue weighted by Crippen LogP contribution is 2.19. The summed E-state index contributed by atoms with van der Waals surface area (Å²) in [7, 11) is 1.55. The number of ether oxygens (including phenoxy) is 1. The van der Waals surface area contributed by atoms with E-state index in [1.54, 1.807) is 67.8 Å². The summed E-state index contributed by atoms with van der Waals surface area (Å²) in [5, 5.41) is 8.42. The van der Waals surface area contributed by atoms with Crippen molar-refractivity contribution in [2.45, 2.75) is 32.9 Å². The maximum absolute atomic E-state index is 13.2. The minimum atomic E-state index is -0.752. The topological polar surface area (TPSA) is 110 Å². The molecule has 1 heterocycles. The van der Waals surface area contributed by atoms with Gasteiger partial charge in [-0.3, -0.25) is 14.4 Å². The summed E-state index contributed by atoms with van der Waals surface area (Å²) in [6.45, 7) is 4.07. The van der Waals surface area contributed by atoms with E-state index in [2.05, 4.69) is 16.0 Å². The van der Waals surface area contributed by atoms with Crippen LogP contribution in [0.15, 0.2) is 71.3 Å². The summed E-state index contributed by atoms with van der Waals surface area (Å²) in [6, 6.07) is 16.1. The number of nitrogens with one attached hydrogen (secondary N) is 3. The van der Waals surface area contributed by atoms with Gasteiger partial charge in [0, 0.05) is 5.56 Å². The SMILES string of the molecule is CC[C@@H](C)[C@H](NC(=O)c1ccccc1NC(=O)c1ccc(OC)cc1)C(=O)NCc1ccco1. The number of carbonyl (C=O) groups is 3. The Balaban J connectivity index is 1.72. The third kappa shape index (κ3) is 6.25. The molecule has 0 fully saturated rings. The Kier molecular flexibility index (Phi) is 8.45. The Morgan fingerprint density at radius 1 is 0.971 bits per heavy atom. The molecule has 0 bridgehead atoms. The molecule has 34 heavy (non-hydrogen) atoms. The molecule has 0 saturated carbocycles. The molecular weight excluding hydrogens is 434 g/mol. The number of anilines is 1. The van der Waals surface area contributed by atoms with Gasteiger partial charge < -0.3 is 25.1 Å². The Morgan fingerprint density at radius 2 is 1.71 bits per heavy atom. The second kappa shape index (κ2) is 11.7. The molecule has 2 atom stereocenters. The standard InChI is InChI=1S/C26H29N3O5/c1-4-17(2)23(26(32)27-16-20-8-7-15-34-20)29-25(31)21-9-5-6-10-22(21)28-24(30)18-11-13-19(33-3)14-12-18/h5-15,17,23H,4,16H2,1-3H3,(H,27,32)(H,28,30)(H,29,31)/t17-,23+/m1/s1. The van der Waals surface area contributed by atoms with E-state index in [-0.39, 0.29) is 29.8 Å². The minimum Gasteiger partial charge on any atom is -0.497 e. The van der Waals surface area contributed by atoms with Crippen LogP contribution in [0.2, 0.25) is 0 Å². The minimum absolute atomic E-state index is 0.110. The summed E-state index contributed by atoms with van der Waals surface area (Å²) in [5.41, 5.74) is 1.03. The molecule has 0 aliphatic heterocycles. The highest BCUT2D eigenvalue weighted by Gasteiger charge is 2.27. The highest BCUT2D eigenvalue weighted by atomic mass is 16.5. The lowest BCUT2D eigenvalue weighted by Gasteiger charge is -2.24. The third-order valence-electron chi connectivity index (χ3n) is 5.57. The predicted molar refractivity (Wildman–Crippen MR) is 129 cm³/mol. The van der Waals surface area contributed by atoms with Crippen molar-refractivity contribution >= 4 is 23.4 Å². The van der Waals surface area contributed by atoms with Gasteiger partial charge in [-0.05, 0) is 54.4 Å². The molecule has 3 rings (SSSR count). The quantitative estimate of drug-likeness (QED) is 0.421.